The fourth-order valence-electron chi connectivity index (χ4n) is 2.23. The van der Waals surface area contributed by atoms with Crippen molar-refractivity contribution >= 4 is 23.5 Å². The number of rotatable bonds is 7. The average Bonchev–Trinajstić information content (AvgIpc) is 2.66. The van der Waals surface area contributed by atoms with E-state index in [1.54, 1.807) is 24.3 Å². The van der Waals surface area contributed by atoms with Gasteiger partial charge in [-0.1, -0.05) is 6.07 Å². The zero-order valence-electron chi connectivity index (χ0n) is 14.9. The van der Waals surface area contributed by atoms with Gasteiger partial charge >= 0.3 is 5.97 Å². The Morgan fingerprint density at radius 2 is 1.78 bits per heavy atom. The molecule has 27 heavy (non-hydrogen) atoms. The van der Waals surface area contributed by atoms with Crippen LogP contribution in [0.5, 0.6) is 5.75 Å². The van der Waals surface area contributed by atoms with Crippen LogP contribution in [-0.2, 0) is 20.7 Å². The monoisotopic (exact) mass is 374 g/mol. The molecule has 8 heteroatoms. The fourth-order valence-corrected chi connectivity index (χ4v) is 2.23. The number of halogens is 1. The summed E-state index contributed by atoms with van der Waals surface area (Å²) in [6.45, 7) is -0.478. The van der Waals surface area contributed by atoms with E-state index in [9.17, 15) is 18.8 Å². The van der Waals surface area contributed by atoms with E-state index in [1.165, 1.54) is 32.4 Å². The van der Waals surface area contributed by atoms with E-state index < -0.39 is 24.3 Å². The first-order valence-electron chi connectivity index (χ1n) is 8.03. The van der Waals surface area contributed by atoms with Crippen LogP contribution in [0.1, 0.15) is 15.9 Å². The second-order valence-electron chi connectivity index (χ2n) is 5.51. The van der Waals surface area contributed by atoms with Crippen LogP contribution in [-0.4, -0.2) is 38.5 Å². The van der Waals surface area contributed by atoms with Gasteiger partial charge in [-0.05, 0) is 42.0 Å². The molecule has 2 rings (SSSR count). The Morgan fingerprint density at radius 3 is 2.37 bits per heavy atom. The molecule has 0 aliphatic rings. The van der Waals surface area contributed by atoms with Gasteiger partial charge in [0, 0.05) is 18.3 Å². The Balaban J connectivity index is 1.81. The van der Waals surface area contributed by atoms with E-state index in [4.69, 9.17) is 9.47 Å². The van der Waals surface area contributed by atoms with Crippen molar-refractivity contribution < 1.29 is 28.2 Å². The van der Waals surface area contributed by atoms with E-state index in [1.807, 2.05) is 0 Å². The quantitative estimate of drug-likeness (QED) is 0.722. The minimum absolute atomic E-state index is 0.0777. The third-order valence-electron chi connectivity index (χ3n) is 3.59. The maximum absolute atomic E-state index is 13.6. The van der Waals surface area contributed by atoms with Gasteiger partial charge in [0.15, 0.2) is 18.2 Å². The van der Waals surface area contributed by atoms with Gasteiger partial charge in [0.2, 0.25) is 0 Å². The highest BCUT2D eigenvalue weighted by Gasteiger charge is 2.11. The molecule has 0 fully saturated rings. The van der Waals surface area contributed by atoms with Crippen molar-refractivity contribution in [3.05, 3.63) is 59.4 Å². The van der Waals surface area contributed by atoms with Gasteiger partial charge in [-0.3, -0.25) is 14.4 Å². The molecule has 0 saturated carbocycles. The second-order valence-corrected chi connectivity index (χ2v) is 5.51. The molecule has 2 N–H and O–H groups in total. The predicted octanol–water partition coefficient (Wildman–Crippen LogP) is 1.92. The first-order chi connectivity index (χ1) is 12.9. The Hall–Kier alpha value is -3.42. The third-order valence-corrected chi connectivity index (χ3v) is 3.59. The van der Waals surface area contributed by atoms with Gasteiger partial charge in [0.05, 0.1) is 13.5 Å². The van der Waals surface area contributed by atoms with Crippen molar-refractivity contribution in [2.24, 2.45) is 0 Å². The maximum Gasteiger partial charge on any atom is 0.310 e. The molecule has 0 radical (unpaired) electrons. The van der Waals surface area contributed by atoms with Crippen LogP contribution in [0, 0.1) is 5.82 Å². The third kappa shape index (κ3) is 5.81. The normalized spacial score (nSPS) is 10.0. The number of carbonyl (C=O) groups is 3. The van der Waals surface area contributed by atoms with Gasteiger partial charge in [-0.15, -0.1) is 0 Å². The molecule has 0 heterocycles. The number of ether oxygens (including phenoxy) is 2. The topological polar surface area (TPSA) is 93.7 Å². The zero-order chi connectivity index (χ0) is 19.8. The SMILES string of the molecule is CNC(=O)c1ccc(NC(=O)COC(=O)Cc2ccc(OC)c(F)c2)cc1. The number of hydrogen-bond donors (Lipinski definition) is 2. The Bertz CT molecular complexity index is 836. The minimum Gasteiger partial charge on any atom is -0.494 e. The summed E-state index contributed by atoms with van der Waals surface area (Å²) >= 11 is 0. The number of benzene rings is 2. The lowest BCUT2D eigenvalue weighted by Gasteiger charge is -2.08. The highest BCUT2D eigenvalue weighted by molar-refractivity contribution is 5.96. The molecule has 0 aromatic heterocycles. The lowest BCUT2D eigenvalue weighted by Crippen LogP contribution is -2.22. The number of anilines is 1. The van der Waals surface area contributed by atoms with Crippen LogP contribution < -0.4 is 15.4 Å². The number of nitrogens with one attached hydrogen (secondary N) is 2. The van der Waals surface area contributed by atoms with E-state index in [0.717, 1.165) is 0 Å². The predicted molar refractivity (Wildman–Crippen MR) is 96.1 cm³/mol. The van der Waals surface area contributed by atoms with E-state index in [0.29, 0.717) is 16.8 Å². The zero-order valence-corrected chi connectivity index (χ0v) is 14.9. The Labute approximate surface area is 155 Å². The summed E-state index contributed by atoms with van der Waals surface area (Å²) in [5.41, 5.74) is 1.32. The molecule has 0 bridgehead atoms. The van der Waals surface area contributed by atoms with E-state index >= 15 is 0 Å². The molecule has 2 amide bonds. The molecule has 0 aliphatic heterocycles. The first-order valence-corrected chi connectivity index (χ1v) is 8.03. The standard InChI is InChI=1S/C19H19FN2O5/c1-21-19(25)13-4-6-14(7-5-13)22-17(23)11-27-18(24)10-12-3-8-16(26-2)15(20)9-12/h3-9H,10-11H2,1-2H3,(H,21,25)(H,22,23). The number of esters is 1. The van der Waals surface area contributed by atoms with Gasteiger partial charge in [-0.2, -0.15) is 0 Å². The molecule has 0 unspecified atom stereocenters. The summed E-state index contributed by atoms with van der Waals surface area (Å²) in [6, 6.07) is 10.4. The minimum atomic E-state index is -0.662. The van der Waals surface area contributed by atoms with Crippen molar-refractivity contribution in [2.75, 3.05) is 26.1 Å². The molecule has 2 aromatic carbocycles. The van der Waals surface area contributed by atoms with Crippen molar-refractivity contribution in [1.29, 1.82) is 0 Å². The summed E-state index contributed by atoms with van der Waals surface area (Å²) in [6.07, 6.45) is -0.172. The largest absolute Gasteiger partial charge is 0.494 e. The van der Waals surface area contributed by atoms with Crippen LogP contribution in [0.2, 0.25) is 0 Å². The molecule has 2 aromatic rings. The highest BCUT2D eigenvalue weighted by atomic mass is 19.1. The first kappa shape index (κ1) is 19.9. The molecule has 142 valence electrons. The van der Waals surface area contributed by atoms with Gasteiger partial charge in [0.25, 0.3) is 11.8 Å². The lowest BCUT2D eigenvalue weighted by molar-refractivity contribution is -0.146. The summed E-state index contributed by atoms with van der Waals surface area (Å²) in [4.78, 5) is 35.1. The smallest absolute Gasteiger partial charge is 0.310 e. The Kier molecular flexibility index (Phi) is 6.87. The van der Waals surface area contributed by atoms with Crippen LogP contribution in [0.4, 0.5) is 10.1 Å². The molecule has 7 nitrogen and oxygen atoms in total. The molecular weight excluding hydrogens is 355 g/mol. The Morgan fingerprint density at radius 1 is 1.07 bits per heavy atom. The van der Waals surface area contributed by atoms with Gasteiger partial charge in [0.1, 0.15) is 0 Å². The lowest BCUT2D eigenvalue weighted by atomic mass is 10.1. The van der Waals surface area contributed by atoms with Crippen LogP contribution in [0.15, 0.2) is 42.5 Å². The summed E-state index contributed by atoms with van der Waals surface area (Å²) in [7, 11) is 2.86. The second kappa shape index (κ2) is 9.33. The summed E-state index contributed by atoms with van der Waals surface area (Å²) in [5, 5.41) is 5.03. The maximum atomic E-state index is 13.6. The van der Waals surface area contributed by atoms with Crippen molar-refractivity contribution in [3.63, 3.8) is 0 Å². The van der Waals surface area contributed by atoms with Gasteiger partial charge in [-0.25, -0.2) is 4.39 Å². The molecular formula is C19H19FN2O5. The summed E-state index contributed by atoms with van der Waals surface area (Å²) in [5.74, 6) is -1.94. The molecule has 0 atom stereocenters. The number of amides is 2. The van der Waals surface area contributed by atoms with Crippen molar-refractivity contribution in [3.8, 4) is 5.75 Å². The number of methoxy groups -OCH3 is 1. The number of carbonyl (C=O) groups excluding carboxylic acids is 3. The van der Waals surface area contributed by atoms with Crippen LogP contribution in [0.3, 0.4) is 0 Å². The van der Waals surface area contributed by atoms with E-state index in [2.05, 4.69) is 10.6 Å². The molecule has 0 spiro atoms. The highest BCUT2D eigenvalue weighted by Crippen LogP contribution is 2.18. The number of hydrogen-bond acceptors (Lipinski definition) is 5. The van der Waals surface area contributed by atoms with Crippen molar-refractivity contribution in [1.82, 2.24) is 5.32 Å². The van der Waals surface area contributed by atoms with Gasteiger partial charge < -0.3 is 20.1 Å². The molecule has 0 aliphatic carbocycles. The van der Waals surface area contributed by atoms with Crippen molar-refractivity contribution in [2.45, 2.75) is 6.42 Å². The average molecular weight is 374 g/mol. The molecule has 0 saturated heterocycles. The van der Waals surface area contributed by atoms with Crippen LogP contribution >= 0.6 is 0 Å². The van der Waals surface area contributed by atoms with Crippen LogP contribution in [0.25, 0.3) is 0 Å². The summed E-state index contributed by atoms with van der Waals surface area (Å²) < 4.78 is 23.3. The van der Waals surface area contributed by atoms with E-state index in [-0.39, 0.29) is 18.1 Å². The fraction of sp³-hybridized carbons (Fsp3) is 0.211.